The third-order valence-electron chi connectivity index (χ3n) is 4.69. The molecule has 136 valence electrons. The van der Waals surface area contributed by atoms with Crippen LogP contribution in [0.1, 0.15) is 33.1 Å². The number of imide groups is 1. The van der Waals surface area contributed by atoms with Crippen LogP contribution in [0.2, 0.25) is 0 Å². The number of guanidine groups is 1. The molecule has 24 heavy (non-hydrogen) atoms. The molecule has 0 aromatic rings. The second-order valence-corrected chi connectivity index (χ2v) is 6.92. The molecule has 0 spiro atoms. The quantitative estimate of drug-likeness (QED) is 0.359. The van der Waals surface area contributed by atoms with Crippen molar-refractivity contribution in [2.24, 2.45) is 4.99 Å². The second-order valence-electron chi connectivity index (χ2n) is 6.92. The molecule has 8 nitrogen and oxygen atoms in total. The maximum absolute atomic E-state index is 11.5. The summed E-state index contributed by atoms with van der Waals surface area (Å²) in [6.45, 7) is 8.47. The Labute approximate surface area is 144 Å². The first-order valence-corrected chi connectivity index (χ1v) is 8.72. The molecule has 0 radical (unpaired) electrons. The second kappa shape index (κ2) is 8.32. The van der Waals surface area contributed by atoms with Crippen LogP contribution in [0.25, 0.3) is 0 Å². The van der Waals surface area contributed by atoms with E-state index in [1.165, 1.54) is 24.2 Å². The normalized spacial score (nSPS) is 20.3. The first-order valence-electron chi connectivity index (χ1n) is 8.72. The molecule has 2 fully saturated rings. The van der Waals surface area contributed by atoms with Gasteiger partial charge in [0, 0.05) is 32.2 Å². The number of nitrogens with zero attached hydrogens (tertiary/aromatic N) is 3. The average Bonchev–Trinajstić information content (AvgIpc) is 2.90. The van der Waals surface area contributed by atoms with Crippen LogP contribution in [0.3, 0.4) is 0 Å². The first-order chi connectivity index (χ1) is 11.4. The molecule has 3 N–H and O–H groups in total. The number of rotatable bonds is 6. The van der Waals surface area contributed by atoms with E-state index in [0.29, 0.717) is 19.0 Å². The average molecular weight is 338 g/mol. The minimum Gasteiger partial charge on any atom is -0.355 e. The van der Waals surface area contributed by atoms with Crippen molar-refractivity contribution in [1.29, 1.82) is 0 Å². The van der Waals surface area contributed by atoms with Crippen LogP contribution in [-0.2, 0) is 4.79 Å². The van der Waals surface area contributed by atoms with Gasteiger partial charge in [-0.15, -0.1) is 0 Å². The van der Waals surface area contributed by atoms with Gasteiger partial charge in [0.25, 0.3) is 0 Å². The zero-order chi connectivity index (χ0) is 17.6. The van der Waals surface area contributed by atoms with Gasteiger partial charge in [0.05, 0.1) is 6.54 Å². The van der Waals surface area contributed by atoms with Crippen molar-refractivity contribution >= 4 is 17.9 Å². The van der Waals surface area contributed by atoms with E-state index < -0.39 is 0 Å². The fraction of sp³-hybridized carbons (Fsp3) is 0.812. The fourth-order valence-corrected chi connectivity index (χ4v) is 3.10. The minimum atomic E-state index is -0.323. The molecule has 2 aliphatic rings. The Bertz CT molecular complexity index is 469. The van der Waals surface area contributed by atoms with Crippen molar-refractivity contribution in [2.45, 2.75) is 38.6 Å². The molecular formula is C16H30N6O2. The Kier molecular flexibility index (Phi) is 6.42. The van der Waals surface area contributed by atoms with Gasteiger partial charge in [-0.3, -0.25) is 19.6 Å². The van der Waals surface area contributed by atoms with Gasteiger partial charge in [-0.2, -0.15) is 0 Å². The van der Waals surface area contributed by atoms with E-state index in [9.17, 15) is 9.59 Å². The molecule has 0 aromatic carbocycles. The fourth-order valence-electron chi connectivity index (χ4n) is 3.10. The summed E-state index contributed by atoms with van der Waals surface area (Å²) in [6, 6.07) is -0.323. The van der Waals surface area contributed by atoms with E-state index in [1.54, 1.807) is 7.05 Å². The van der Waals surface area contributed by atoms with E-state index in [4.69, 9.17) is 0 Å². The van der Waals surface area contributed by atoms with Crippen molar-refractivity contribution in [3.8, 4) is 0 Å². The molecule has 3 amide bonds. The topological polar surface area (TPSA) is 89.1 Å². The number of nitrogens with one attached hydrogen (secondary N) is 3. The van der Waals surface area contributed by atoms with Gasteiger partial charge in [-0.05, 0) is 39.8 Å². The van der Waals surface area contributed by atoms with Crippen LogP contribution in [0, 0.1) is 0 Å². The van der Waals surface area contributed by atoms with Crippen LogP contribution in [0.15, 0.2) is 4.99 Å². The molecule has 0 saturated carbocycles. The van der Waals surface area contributed by atoms with Gasteiger partial charge >= 0.3 is 6.03 Å². The van der Waals surface area contributed by atoms with Crippen LogP contribution in [0.5, 0.6) is 0 Å². The number of hydrogen-bond donors (Lipinski definition) is 3. The molecule has 0 bridgehead atoms. The Morgan fingerprint density at radius 2 is 1.92 bits per heavy atom. The zero-order valence-corrected chi connectivity index (χ0v) is 15.0. The maximum Gasteiger partial charge on any atom is 0.324 e. The lowest BCUT2D eigenvalue weighted by molar-refractivity contribution is -0.124. The van der Waals surface area contributed by atoms with Crippen LogP contribution < -0.4 is 16.0 Å². The summed E-state index contributed by atoms with van der Waals surface area (Å²) < 4.78 is 0. The predicted molar refractivity (Wildman–Crippen MR) is 94.0 cm³/mol. The zero-order valence-electron chi connectivity index (χ0n) is 15.0. The number of piperidine rings is 1. The highest BCUT2D eigenvalue weighted by atomic mass is 16.2. The van der Waals surface area contributed by atoms with Crippen LogP contribution in [-0.4, -0.2) is 79.6 Å². The van der Waals surface area contributed by atoms with Crippen molar-refractivity contribution in [3.63, 3.8) is 0 Å². The molecule has 0 unspecified atom stereocenters. The molecule has 2 rings (SSSR count). The SMILES string of the molecule is CN=C(NCCN1C(=O)CNC1=O)NCC(C)(C)N1CCCCC1. The number of likely N-dealkylation sites (tertiary alicyclic amines) is 1. The molecule has 2 aliphatic heterocycles. The van der Waals surface area contributed by atoms with Crippen LogP contribution in [0.4, 0.5) is 4.79 Å². The smallest absolute Gasteiger partial charge is 0.324 e. The number of carbonyl (C=O) groups excluding carboxylic acids is 2. The predicted octanol–water partition coefficient (Wildman–Crippen LogP) is -0.0323. The minimum absolute atomic E-state index is 0.0584. The van der Waals surface area contributed by atoms with Gasteiger partial charge in [0.15, 0.2) is 5.96 Å². The van der Waals surface area contributed by atoms with Gasteiger partial charge in [-0.25, -0.2) is 4.79 Å². The van der Waals surface area contributed by atoms with Gasteiger partial charge in [-0.1, -0.05) is 6.42 Å². The highest BCUT2D eigenvalue weighted by Gasteiger charge is 2.29. The summed E-state index contributed by atoms with van der Waals surface area (Å²) in [5, 5.41) is 9.02. The van der Waals surface area contributed by atoms with Crippen molar-refractivity contribution in [3.05, 3.63) is 0 Å². The van der Waals surface area contributed by atoms with E-state index >= 15 is 0 Å². The third kappa shape index (κ3) is 4.83. The lowest BCUT2D eigenvalue weighted by atomic mass is 9.98. The Morgan fingerprint density at radius 1 is 1.21 bits per heavy atom. The van der Waals surface area contributed by atoms with Gasteiger partial charge in [0.1, 0.15) is 0 Å². The van der Waals surface area contributed by atoms with Crippen LogP contribution >= 0.6 is 0 Å². The summed E-state index contributed by atoms with van der Waals surface area (Å²) in [5.74, 6) is 0.503. The standard InChI is InChI=1S/C16H30N6O2/c1-16(2,21-8-5-4-6-9-21)12-20-14(17-3)18-7-10-22-13(23)11-19-15(22)24/h4-12H2,1-3H3,(H,19,24)(H2,17,18,20). The lowest BCUT2D eigenvalue weighted by Crippen LogP contribution is -2.55. The summed E-state index contributed by atoms with van der Waals surface area (Å²) >= 11 is 0. The number of hydrogen-bond acceptors (Lipinski definition) is 4. The molecular weight excluding hydrogens is 308 g/mol. The number of urea groups is 1. The molecule has 2 heterocycles. The lowest BCUT2D eigenvalue weighted by Gasteiger charge is -2.41. The van der Waals surface area contributed by atoms with Gasteiger partial charge in [0.2, 0.25) is 5.91 Å². The maximum atomic E-state index is 11.5. The highest BCUT2D eigenvalue weighted by molar-refractivity contribution is 6.01. The summed E-state index contributed by atoms with van der Waals surface area (Å²) in [4.78, 5) is 31.0. The Hall–Kier alpha value is -1.83. The van der Waals surface area contributed by atoms with Crippen molar-refractivity contribution in [2.75, 3.05) is 46.3 Å². The molecule has 0 aromatic heterocycles. The Morgan fingerprint density at radius 3 is 2.50 bits per heavy atom. The first kappa shape index (κ1) is 18.5. The molecule has 2 saturated heterocycles. The summed E-state index contributed by atoms with van der Waals surface area (Å²) in [7, 11) is 1.72. The van der Waals surface area contributed by atoms with Crippen molar-refractivity contribution < 1.29 is 9.59 Å². The van der Waals surface area contributed by atoms with Crippen molar-refractivity contribution in [1.82, 2.24) is 25.8 Å². The highest BCUT2D eigenvalue weighted by Crippen LogP contribution is 2.19. The summed E-state index contributed by atoms with van der Waals surface area (Å²) in [6.07, 6.45) is 3.86. The van der Waals surface area contributed by atoms with E-state index in [0.717, 1.165) is 19.6 Å². The van der Waals surface area contributed by atoms with Gasteiger partial charge < -0.3 is 16.0 Å². The van der Waals surface area contributed by atoms with E-state index in [2.05, 4.69) is 39.7 Å². The molecule has 0 aliphatic carbocycles. The molecule has 0 atom stereocenters. The van der Waals surface area contributed by atoms with E-state index in [-0.39, 0.29) is 24.0 Å². The van der Waals surface area contributed by atoms with E-state index in [1.807, 2.05) is 0 Å². The largest absolute Gasteiger partial charge is 0.355 e. The number of carbonyl (C=O) groups is 2. The number of amides is 3. The molecule has 8 heteroatoms. The Balaban J connectivity index is 1.73. The third-order valence-corrected chi connectivity index (χ3v) is 4.69. The monoisotopic (exact) mass is 338 g/mol. The number of aliphatic imine (C=N–C) groups is 1. The summed E-state index contributed by atoms with van der Waals surface area (Å²) in [5.41, 5.74) is 0.0584.